The maximum atomic E-state index is 13.3. The molecular weight excluding hydrogens is 563 g/mol. The third-order valence-corrected chi connectivity index (χ3v) is 7.07. The average Bonchev–Trinajstić information content (AvgIpc) is 3.00. The molecule has 1 heterocycles. The average molecular weight is 595 g/mol. The first-order chi connectivity index (χ1) is 21.3. The van der Waals surface area contributed by atoms with Crippen LogP contribution in [0.2, 0.25) is 0 Å². The van der Waals surface area contributed by atoms with E-state index in [9.17, 15) is 14.4 Å². The predicted molar refractivity (Wildman–Crippen MR) is 161 cm³/mol. The Labute approximate surface area is 255 Å². The van der Waals surface area contributed by atoms with Gasteiger partial charge in [-0.25, -0.2) is 9.18 Å². The van der Waals surface area contributed by atoms with Gasteiger partial charge in [0.2, 0.25) is 5.88 Å². The molecule has 0 aliphatic carbocycles. The van der Waals surface area contributed by atoms with E-state index >= 15 is 0 Å². The van der Waals surface area contributed by atoms with Gasteiger partial charge in [-0.15, -0.1) is 0 Å². The predicted octanol–water partition coefficient (Wildman–Crippen LogP) is 6.62. The fourth-order valence-electron chi connectivity index (χ4n) is 4.99. The van der Waals surface area contributed by atoms with Crippen molar-refractivity contribution >= 4 is 5.97 Å². The molecule has 8 nitrogen and oxygen atoms in total. The zero-order valence-corrected chi connectivity index (χ0v) is 24.6. The lowest BCUT2D eigenvalue weighted by atomic mass is 9.83. The minimum Gasteiger partial charge on any atom is -0.490 e. The Balaban J connectivity index is 1.37. The smallest absolute Gasteiger partial charge is 0.349 e. The van der Waals surface area contributed by atoms with E-state index in [1.807, 2.05) is 45.0 Å². The molecular formula is C35H31FN2O6. The molecule has 4 aromatic rings. The highest BCUT2D eigenvalue weighted by Crippen LogP contribution is 2.45. The quantitative estimate of drug-likeness (QED) is 0.161. The fraction of sp³-hybridized carbons (Fsp3) is 0.200. The van der Waals surface area contributed by atoms with Gasteiger partial charge in [-0.1, -0.05) is 42.5 Å². The number of fused-ring (bicyclic) bond motifs is 1. The molecule has 9 heteroatoms. The van der Waals surface area contributed by atoms with E-state index in [-0.39, 0.29) is 36.2 Å². The number of esters is 1. The number of hydrogen-bond acceptors (Lipinski definition) is 8. The summed E-state index contributed by atoms with van der Waals surface area (Å²) in [5.41, 5.74) is 10.4. The van der Waals surface area contributed by atoms with Crippen LogP contribution in [0.5, 0.6) is 28.7 Å². The number of rotatable bonds is 10. The largest absolute Gasteiger partial charge is 0.490 e. The molecule has 0 radical (unpaired) electrons. The van der Waals surface area contributed by atoms with Crippen molar-refractivity contribution in [2.75, 3.05) is 13.2 Å². The maximum Gasteiger partial charge on any atom is 0.349 e. The van der Waals surface area contributed by atoms with Crippen molar-refractivity contribution in [1.82, 2.24) is 0 Å². The van der Waals surface area contributed by atoms with Crippen molar-refractivity contribution in [1.29, 1.82) is 5.26 Å². The van der Waals surface area contributed by atoms with Gasteiger partial charge in [0.05, 0.1) is 12.5 Å². The Morgan fingerprint density at radius 3 is 2.41 bits per heavy atom. The summed E-state index contributed by atoms with van der Waals surface area (Å²) in [7, 11) is 0. The maximum absolute atomic E-state index is 13.3. The van der Waals surface area contributed by atoms with Crippen LogP contribution in [0.25, 0.3) is 0 Å². The van der Waals surface area contributed by atoms with E-state index in [1.165, 1.54) is 12.1 Å². The standard InChI is InChI=1S/C35H31FN2O6/c1-4-40-31-16-24(10-15-29(31)41-19-23-8-11-25(36)12-9-23)33-27-14-13-26(17-30(27)44-35(38)28(33)18-37)43-32(39)20-42-34-21(2)6-5-7-22(34)3/h5-17,33H,4,19-20,38H2,1-3H3. The van der Waals surface area contributed by atoms with E-state index in [1.54, 1.807) is 42.5 Å². The Kier molecular flexibility index (Phi) is 9.01. The summed E-state index contributed by atoms with van der Waals surface area (Å²) in [6.07, 6.45) is 0. The molecule has 224 valence electrons. The van der Waals surface area contributed by atoms with Crippen LogP contribution < -0.4 is 29.4 Å². The third-order valence-electron chi connectivity index (χ3n) is 7.07. The lowest BCUT2D eigenvalue weighted by molar-refractivity contribution is -0.136. The van der Waals surface area contributed by atoms with Crippen LogP contribution in [-0.2, 0) is 11.4 Å². The topological polar surface area (TPSA) is 113 Å². The number of allylic oxidation sites excluding steroid dienone is 1. The Bertz CT molecular complexity index is 1740. The molecule has 0 fully saturated rings. The van der Waals surface area contributed by atoms with Gasteiger partial charge in [-0.3, -0.25) is 0 Å². The van der Waals surface area contributed by atoms with Gasteiger partial charge in [0.15, 0.2) is 18.1 Å². The second-order valence-electron chi connectivity index (χ2n) is 10.2. The van der Waals surface area contributed by atoms with Gasteiger partial charge in [0.25, 0.3) is 0 Å². The van der Waals surface area contributed by atoms with Crippen molar-refractivity contribution in [3.05, 3.63) is 124 Å². The number of carbonyl (C=O) groups excluding carboxylic acids is 1. The first-order valence-corrected chi connectivity index (χ1v) is 14.0. The van der Waals surface area contributed by atoms with Gasteiger partial charge < -0.3 is 29.4 Å². The minimum atomic E-state index is -0.584. The first-order valence-electron chi connectivity index (χ1n) is 14.0. The van der Waals surface area contributed by atoms with Gasteiger partial charge >= 0.3 is 5.97 Å². The van der Waals surface area contributed by atoms with Crippen molar-refractivity contribution in [3.8, 4) is 34.8 Å². The number of halogens is 1. The number of nitrogens with two attached hydrogens (primary N) is 1. The summed E-state index contributed by atoms with van der Waals surface area (Å²) in [5.74, 6) is 0.664. The summed E-state index contributed by atoms with van der Waals surface area (Å²) in [6.45, 7) is 5.99. The van der Waals surface area contributed by atoms with Gasteiger partial charge in [0.1, 0.15) is 41.3 Å². The molecule has 2 N–H and O–H groups in total. The summed E-state index contributed by atoms with van der Waals surface area (Å²) < 4.78 is 42.2. The van der Waals surface area contributed by atoms with E-state index < -0.39 is 11.9 Å². The number of nitrogens with zero attached hydrogens (tertiary/aromatic N) is 1. The van der Waals surface area contributed by atoms with Crippen LogP contribution >= 0.6 is 0 Å². The van der Waals surface area contributed by atoms with E-state index in [2.05, 4.69) is 6.07 Å². The second-order valence-corrected chi connectivity index (χ2v) is 10.2. The molecule has 0 saturated carbocycles. The Morgan fingerprint density at radius 2 is 1.70 bits per heavy atom. The van der Waals surface area contributed by atoms with Gasteiger partial charge in [0, 0.05) is 11.6 Å². The van der Waals surface area contributed by atoms with Gasteiger partial charge in [-0.05, 0) is 73.4 Å². The van der Waals surface area contributed by atoms with Gasteiger partial charge in [-0.2, -0.15) is 5.26 Å². The molecule has 0 saturated heterocycles. The molecule has 1 atom stereocenters. The minimum absolute atomic E-state index is 0.0542. The van der Waals surface area contributed by atoms with Crippen molar-refractivity contribution < 1.29 is 32.9 Å². The molecule has 5 rings (SSSR count). The summed E-state index contributed by atoms with van der Waals surface area (Å²) in [6, 6.07) is 24.3. The molecule has 1 aliphatic heterocycles. The fourth-order valence-corrected chi connectivity index (χ4v) is 4.99. The highest BCUT2D eigenvalue weighted by molar-refractivity contribution is 5.74. The second kappa shape index (κ2) is 13.2. The summed E-state index contributed by atoms with van der Waals surface area (Å²) in [5, 5.41) is 10.0. The van der Waals surface area contributed by atoms with Crippen molar-refractivity contribution in [2.45, 2.75) is 33.3 Å². The molecule has 1 aliphatic rings. The third kappa shape index (κ3) is 6.60. The van der Waals surface area contributed by atoms with Crippen molar-refractivity contribution in [3.63, 3.8) is 0 Å². The number of benzene rings is 4. The number of hydrogen-bond donors (Lipinski definition) is 1. The summed E-state index contributed by atoms with van der Waals surface area (Å²) >= 11 is 0. The molecule has 0 bridgehead atoms. The lowest BCUT2D eigenvalue weighted by Crippen LogP contribution is -2.22. The van der Waals surface area contributed by atoms with E-state index in [0.717, 1.165) is 22.3 Å². The molecule has 0 amide bonds. The Hall–Kier alpha value is -5.49. The van der Waals surface area contributed by atoms with Crippen LogP contribution in [0.3, 0.4) is 0 Å². The SMILES string of the molecule is CCOc1cc(C2C(C#N)=C(N)Oc3cc(OC(=O)COc4c(C)cccc4C)ccc32)ccc1OCc1ccc(F)cc1. The number of ether oxygens (including phenoxy) is 5. The number of carbonyl (C=O) groups is 1. The van der Waals surface area contributed by atoms with Crippen LogP contribution in [0.1, 0.15) is 40.7 Å². The number of nitriles is 1. The monoisotopic (exact) mass is 594 g/mol. The lowest BCUT2D eigenvalue weighted by Gasteiger charge is -2.27. The molecule has 0 spiro atoms. The summed E-state index contributed by atoms with van der Waals surface area (Å²) in [4.78, 5) is 12.6. The van der Waals surface area contributed by atoms with Crippen LogP contribution in [0.4, 0.5) is 4.39 Å². The van der Waals surface area contributed by atoms with Crippen LogP contribution in [0, 0.1) is 31.0 Å². The molecule has 44 heavy (non-hydrogen) atoms. The van der Waals surface area contributed by atoms with Crippen molar-refractivity contribution in [2.24, 2.45) is 5.73 Å². The molecule has 1 unspecified atom stereocenters. The molecule has 4 aromatic carbocycles. The molecule has 0 aromatic heterocycles. The number of aryl methyl sites for hydroxylation is 2. The normalized spacial score (nSPS) is 13.8. The zero-order valence-electron chi connectivity index (χ0n) is 24.6. The van der Waals surface area contributed by atoms with E-state index in [4.69, 9.17) is 29.4 Å². The zero-order chi connectivity index (χ0) is 31.2. The number of para-hydroxylation sites is 1. The highest BCUT2D eigenvalue weighted by Gasteiger charge is 2.32. The Morgan fingerprint density at radius 1 is 0.955 bits per heavy atom. The first kappa shape index (κ1) is 30.0. The van der Waals surface area contributed by atoms with Crippen LogP contribution in [-0.4, -0.2) is 19.2 Å². The van der Waals surface area contributed by atoms with Crippen LogP contribution in [0.15, 0.2) is 90.3 Å². The highest BCUT2D eigenvalue weighted by atomic mass is 19.1. The van der Waals surface area contributed by atoms with E-state index in [0.29, 0.717) is 35.2 Å².